The number of carbonyl (C=O) groups is 2. The number of carbonyl (C=O) groups excluding carboxylic acids is 2. The molecule has 0 heterocycles. The van der Waals surface area contributed by atoms with E-state index in [4.69, 9.17) is 27.9 Å². The van der Waals surface area contributed by atoms with Crippen molar-refractivity contribution in [1.82, 2.24) is 5.32 Å². The predicted molar refractivity (Wildman–Crippen MR) is 90.7 cm³/mol. The molecule has 1 N–H and O–H groups in total. The van der Waals surface area contributed by atoms with Crippen LogP contribution in [0.1, 0.15) is 38.2 Å². The molecular weight excluding hydrogens is 337 g/mol. The Bertz CT molecular complexity index is 583. The summed E-state index contributed by atoms with van der Waals surface area (Å²) in [6.45, 7) is 3.99. The SMILES string of the molecule is COC(=O)[C@H](CC(C)C)NC(=O)[C@H]1C[C@H]1c1cc(Cl)cc(Cl)c1. The third kappa shape index (κ3) is 4.85. The average Bonchev–Trinajstić information content (AvgIpc) is 3.24. The van der Waals surface area contributed by atoms with Gasteiger partial charge in [-0.25, -0.2) is 4.79 Å². The summed E-state index contributed by atoms with van der Waals surface area (Å²) in [6, 6.07) is 4.73. The molecule has 1 aromatic rings. The van der Waals surface area contributed by atoms with Gasteiger partial charge in [0, 0.05) is 16.0 Å². The fourth-order valence-corrected chi connectivity index (χ4v) is 3.29. The fourth-order valence-electron chi connectivity index (χ4n) is 2.75. The Hall–Kier alpha value is -1.26. The van der Waals surface area contributed by atoms with Gasteiger partial charge in [-0.1, -0.05) is 37.0 Å². The molecule has 1 fully saturated rings. The van der Waals surface area contributed by atoms with E-state index in [2.05, 4.69) is 5.32 Å². The normalized spacial score (nSPS) is 21.0. The van der Waals surface area contributed by atoms with Crippen LogP contribution in [0.15, 0.2) is 18.2 Å². The Morgan fingerprint density at radius 2 is 1.87 bits per heavy atom. The molecule has 0 radical (unpaired) electrons. The van der Waals surface area contributed by atoms with E-state index in [1.54, 1.807) is 6.07 Å². The molecule has 0 saturated heterocycles. The van der Waals surface area contributed by atoms with Crippen molar-refractivity contribution in [2.75, 3.05) is 7.11 Å². The highest BCUT2D eigenvalue weighted by Gasteiger charge is 2.45. The van der Waals surface area contributed by atoms with Crippen LogP contribution < -0.4 is 5.32 Å². The van der Waals surface area contributed by atoms with Crippen molar-refractivity contribution in [3.63, 3.8) is 0 Å². The van der Waals surface area contributed by atoms with E-state index in [0.717, 1.165) is 12.0 Å². The molecule has 1 amide bonds. The van der Waals surface area contributed by atoms with Crippen molar-refractivity contribution < 1.29 is 14.3 Å². The minimum Gasteiger partial charge on any atom is -0.467 e. The largest absolute Gasteiger partial charge is 0.467 e. The molecule has 1 saturated carbocycles. The monoisotopic (exact) mass is 357 g/mol. The Labute approximate surface area is 146 Å². The molecule has 0 unspecified atom stereocenters. The minimum atomic E-state index is -0.600. The third-order valence-corrected chi connectivity index (χ3v) is 4.39. The lowest BCUT2D eigenvalue weighted by Gasteiger charge is -2.18. The van der Waals surface area contributed by atoms with Crippen LogP contribution in [0.4, 0.5) is 0 Å². The number of esters is 1. The average molecular weight is 358 g/mol. The number of nitrogens with one attached hydrogen (secondary N) is 1. The molecular formula is C17H21Cl2NO3. The van der Waals surface area contributed by atoms with Gasteiger partial charge in [0.05, 0.1) is 7.11 Å². The number of rotatable bonds is 6. The number of methoxy groups -OCH3 is 1. The zero-order valence-corrected chi connectivity index (χ0v) is 14.9. The zero-order valence-electron chi connectivity index (χ0n) is 13.4. The second kappa shape index (κ2) is 7.54. The lowest BCUT2D eigenvalue weighted by molar-refractivity contribution is -0.145. The number of hydrogen-bond donors (Lipinski definition) is 1. The second-order valence-electron chi connectivity index (χ2n) is 6.37. The molecule has 1 aliphatic rings. The maximum absolute atomic E-state index is 12.4. The Morgan fingerprint density at radius 1 is 1.26 bits per heavy atom. The van der Waals surface area contributed by atoms with Gasteiger partial charge in [0.1, 0.15) is 6.04 Å². The highest BCUT2D eigenvalue weighted by molar-refractivity contribution is 6.34. The molecule has 0 bridgehead atoms. The van der Waals surface area contributed by atoms with Crippen LogP contribution in [-0.4, -0.2) is 25.0 Å². The summed E-state index contributed by atoms with van der Waals surface area (Å²) < 4.78 is 4.77. The molecule has 2 rings (SSSR count). The summed E-state index contributed by atoms with van der Waals surface area (Å²) >= 11 is 12.0. The highest BCUT2D eigenvalue weighted by atomic mass is 35.5. The maximum atomic E-state index is 12.4. The Kier molecular flexibility index (Phi) is 5.93. The van der Waals surface area contributed by atoms with Crippen LogP contribution in [0.2, 0.25) is 10.0 Å². The smallest absolute Gasteiger partial charge is 0.328 e. The molecule has 23 heavy (non-hydrogen) atoms. The summed E-state index contributed by atoms with van der Waals surface area (Å²) in [5.74, 6) is -0.300. The first-order chi connectivity index (χ1) is 10.8. The van der Waals surface area contributed by atoms with Crippen molar-refractivity contribution in [2.24, 2.45) is 11.8 Å². The van der Waals surface area contributed by atoms with Crippen LogP contribution in [-0.2, 0) is 14.3 Å². The van der Waals surface area contributed by atoms with E-state index in [1.165, 1.54) is 7.11 Å². The molecule has 1 aliphatic carbocycles. The summed E-state index contributed by atoms with van der Waals surface area (Å²) in [6.07, 6.45) is 1.29. The summed E-state index contributed by atoms with van der Waals surface area (Å²) in [7, 11) is 1.33. The first-order valence-corrected chi connectivity index (χ1v) is 8.41. The standard InChI is InChI=1S/C17H21Cl2NO3/c1-9(2)4-15(17(22)23-3)20-16(21)14-8-13(14)10-5-11(18)7-12(19)6-10/h5-7,9,13-15H,4,8H2,1-3H3,(H,20,21)/t13-,14-,15-/m0/s1. The lowest BCUT2D eigenvalue weighted by Crippen LogP contribution is -2.43. The van der Waals surface area contributed by atoms with E-state index < -0.39 is 12.0 Å². The molecule has 4 nitrogen and oxygen atoms in total. The van der Waals surface area contributed by atoms with Gasteiger partial charge < -0.3 is 10.1 Å². The first-order valence-electron chi connectivity index (χ1n) is 7.66. The van der Waals surface area contributed by atoms with E-state index in [1.807, 2.05) is 26.0 Å². The van der Waals surface area contributed by atoms with Crippen LogP contribution in [0.25, 0.3) is 0 Å². The van der Waals surface area contributed by atoms with Gasteiger partial charge in [-0.3, -0.25) is 4.79 Å². The van der Waals surface area contributed by atoms with Crippen molar-refractivity contribution in [3.8, 4) is 0 Å². The molecule has 0 aromatic heterocycles. The van der Waals surface area contributed by atoms with E-state index in [0.29, 0.717) is 16.5 Å². The molecule has 3 atom stereocenters. The van der Waals surface area contributed by atoms with E-state index in [9.17, 15) is 9.59 Å². The van der Waals surface area contributed by atoms with Gasteiger partial charge in [-0.2, -0.15) is 0 Å². The van der Waals surface area contributed by atoms with Gasteiger partial charge >= 0.3 is 5.97 Å². The van der Waals surface area contributed by atoms with Crippen LogP contribution >= 0.6 is 23.2 Å². The molecule has 0 aliphatic heterocycles. The first kappa shape index (κ1) is 18.1. The molecule has 126 valence electrons. The molecule has 0 spiro atoms. The Morgan fingerprint density at radius 3 is 2.39 bits per heavy atom. The van der Waals surface area contributed by atoms with Crippen molar-refractivity contribution in [3.05, 3.63) is 33.8 Å². The van der Waals surface area contributed by atoms with Gasteiger partial charge in [0.2, 0.25) is 5.91 Å². The van der Waals surface area contributed by atoms with Crippen molar-refractivity contribution >= 4 is 35.1 Å². The number of ether oxygens (including phenoxy) is 1. The van der Waals surface area contributed by atoms with Gasteiger partial charge in [-0.15, -0.1) is 0 Å². The van der Waals surface area contributed by atoms with Crippen molar-refractivity contribution in [1.29, 1.82) is 0 Å². The summed E-state index contributed by atoms with van der Waals surface area (Å²) in [4.78, 5) is 24.2. The van der Waals surface area contributed by atoms with E-state index >= 15 is 0 Å². The van der Waals surface area contributed by atoms with Gasteiger partial charge in [0.25, 0.3) is 0 Å². The summed E-state index contributed by atoms with van der Waals surface area (Å²) in [5.41, 5.74) is 0.959. The zero-order chi connectivity index (χ0) is 17.1. The van der Waals surface area contributed by atoms with Gasteiger partial charge in [-0.05, 0) is 48.4 Å². The fraction of sp³-hybridized carbons (Fsp3) is 0.529. The van der Waals surface area contributed by atoms with Crippen LogP contribution in [0.5, 0.6) is 0 Å². The number of amides is 1. The van der Waals surface area contributed by atoms with Crippen LogP contribution in [0, 0.1) is 11.8 Å². The second-order valence-corrected chi connectivity index (χ2v) is 7.24. The Balaban J connectivity index is 2.00. The van der Waals surface area contributed by atoms with Crippen LogP contribution in [0.3, 0.4) is 0 Å². The third-order valence-electron chi connectivity index (χ3n) is 3.95. The maximum Gasteiger partial charge on any atom is 0.328 e. The van der Waals surface area contributed by atoms with Gasteiger partial charge in [0.15, 0.2) is 0 Å². The van der Waals surface area contributed by atoms with Crippen molar-refractivity contribution in [2.45, 2.75) is 38.6 Å². The predicted octanol–water partition coefficient (Wildman–Crippen LogP) is 3.80. The summed E-state index contributed by atoms with van der Waals surface area (Å²) in [5, 5.41) is 3.93. The quantitative estimate of drug-likeness (QED) is 0.787. The van der Waals surface area contributed by atoms with E-state index in [-0.39, 0.29) is 23.7 Å². The molecule has 1 aromatic carbocycles. The number of benzene rings is 1. The lowest BCUT2D eigenvalue weighted by atomic mass is 10.0. The minimum absolute atomic E-state index is 0.101. The number of halogens is 2. The molecule has 6 heteroatoms. The highest BCUT2D eigenvalue weighted by Crippen LogP contribution is 2.48. The topological polar surface area (TPSA) is 55.4 Å². The number of hydrogen-bond acceptors (Lipinski definition) is 3.